The van der Waals surface area contributed by atoms with Gasteiger partial charge >= 0.3 is 0 Å². The Bertz CT molecular complexity index is 328. The molecule has 0 unspecified atom stereocenters. The van der Waals surface area contributed by atoms with Gasteiger partial charge in [-0.3, -0.25) is 0 Å². The van der Waals surface area contributed by atoms with Crippen LogP contribution in [0.1, 0.15) is 11.1 Å². The van der Waals surface area contributed by atoms with Gasteiger partial charge in [0.25, 0.3) is 0 Å². The maximum absolute atomic E-state index is 8.63. The van der Waals surface area contributed by atoms with Crippen molar-refractivity contribution in [2.24, 2.45) is 0 Å². The lowest BCUT2D eigenvalue weighted by molar-refractivity contribution is 1.30. The number of halogens is 1. The summed E-state index contributed by atoms with van der Waals surface area (Å²) in [4.78, 5) is 0.798. The third kappa shape index (κ3) is 1.76. The average Bonchev–Trinajstić information content (AvgIpc) is 1.97. The third-order valence-electron chi connectivity index (χ3n) is 1.41. The molecule has 0 radical (unpaired) electrons. The summed E-state index contributed by atoms with van der Waals surface area (Å²) in [5.41, 5.74) is 1.65. The van der Waals surface area contributed by atoms with Crippen LogP contribution in [-0.2, 0) is 0 Å². The van der Waals surface area contributed by atoms with E-state index in [1.807, 2.05) is 13.0 Å². The molecule has 1 aromatic rings. The average molecular weight is 228 g/mol. The van der Waals surface area contributed by atoms with Gasteiger partial charge in [-0.25, -0.2) is 0 Å². The fourth-order valence-corrected chi connectivity index (χ4v) is 1.43. The smallest absolute Gasteiger partial charge is 0.0994 e. The summed E-state index contributed by atoms with van der Waals surface area (Å²) < 4.78 is 0.928. The summed E-state index contributed by atoms with van der Waals surface area (Å²) in [6.07, 6.45) is 0. The molecule has 0 spiro atoms. The standard InChI is InChI=1S/C8H6BrNS/c1-5-2-7(9)8(11)3-6(5)4-10/h2-3,11H,1H3. The van der Waals surface area contributed by atoms with Gasteiger partial charge in [-0.15, -0.1) is 12.6 Å². The highest BCUT2D eigenvalue weighted by Gasteiger charge is 2.00. The molecule has 0 aliphatic carbocycles. The molecule has 0 fully saturated rings. The first kappa shape index (κ1) is 8.63. The van der Waals surface area contributed by atoms with Gasteiger partial charge in [0.1, 0.15) is 0 Å². The molecular weight excluding hydrogens is 222 g/mol. The van der Waals surface area contributed by atoms with Gasteiger partial charge in [-0.05, 0) is 40.5 Å². The zero-order valence-electron chi connectivity index (χ0n) is 5.93. The monoisotopic (exact) mass is 227 g/mol. The van der Waals surface area contributed by atoms with E-state index in [1.54, 1.807) is 6.07 Å². The molecule has 0 N–H and O–H groups in total. The summed E-state index contributed by atoms with van der Waals surface area (Å²) in [5.74, 6) is 0. The van der Waals surface area contributed by atoms with Crippen molar-refractivity contribution in [2.75, 3.05) is 0 Å². The second kappa shape index (κ2) is 3.29. The predicted octanol–water partition coefficient (Wildman–Crippen LogP) is 2.92. The molecule has 0 amide bonds. The zero-order chi connectivity index (χ0) is 8.43. The summed E-state index contributed by atoms with van der Waals surface area (Å²) in [7, 11) is 0. The lowest BCUT2D eigenvalue weighted by Gasteiger charge is -2.00. The largest absolute Gasteiger partial charge is 0.192 e. The van der Waals surface area contributed by atoms with Crippen LogP contribution in [-0.4, -0.2) is 0 Å². The fraction of sp³-hybridized carbons (Fsp3) is 0.125. The van der Waals surface area contributed by atoms with Crippen molar-refractivity contribution in [3.8, 4) is 6.07 Å². The Balaban J connectivity index is 3.35. The van der Waals surface area contributed by atoms with Crippen LogP contribution in [0.3, 0.4) is 0 Å². The molecule has 1 nitrogen and oxygen atoms in total. The number of nitrogens with zero attached hydrogens (tertiary/aromatic N) is 1. The number of hydrogen-bond acceptors (Lipinski definition) is 2. The molecule has 0 bridgehead atoms. The highest BCUT2D eigenvalue weighted by molar-refractivity contribution is 9.10. The Morgan fingerprint density at radius 2 is 2.18 bits per heavy atom. The molecule has 0 saturated heterocycles. The van der Waals surface area contributed by atoms with Gasteiger partial charge in [0.2, 0.25) is 0 Å². The first-order valence-electron chi connectivity index (χ1n) is 3.04. The van der Waals surface area contributed by atoms with Crippen molar-refractivity contribution in [2.45, 2.75) is 11.8 Å². The van der Waals surface area contributed by atoms with Gasteiger partial charge < -0.3 is 0 Å². The van der Waals surface area contributed by atoms with E-state index < -0.39 is 0 Å². The maximum Gasteiger partial charge on any atom is 0.0994 e. The van der Waals surface area contributed by atoms with Gasteiger partial charge in [-0.1, -0.05) is 0 Å². The second-order valence-electron chi connectivity index (χ2n) is 2.23. The van der Waals surface area contributed by atoms with Crippen LogP contribution in [0.2, 0.25) is 0 Å². The van der Waals surface area contributed by atoms with E-state index >= 15 is 0 Å². The highest BCUT2D eigenvalue weighted by Crippen LogP contribution is 2.23. The minimum Gasteiger partial charge on any atom is -0.192 e. The van der Waals surface area contributed by atoms with Crippen molar-refractivity contribution in [1.29, 1.82) is 5.26 Å². The Morgan fingerprint density at radius 1 is 1.55 bits per heavy atom. The lowest BCUT2D eigenvalue weighted by atomic mass is 10.1. The van der Waals surface area contributed by atoms with Crippen LogP contribution in [0.4, 0.5) is 0 Å². The van der Waals surface area contributed by atoms with Crippen LogP contribution < -0.4 is 0 Å². The van der Waals surface area contributed by atoms with Crippen LogP contribution in [0, 0.1) is 18.3 Å². The van der Waals surface area contributed by atoms with E-state index in [1.165, 1.54) is 0 Å². The fourth-order valence-electron chi connectivity index (χ4n) is 0.782. The van der Waals surface area contributed by atoms with Gasteiger partial charge in [0, 0.05) is 9.37 Å². The molecule has 0 aliphatic rings. The molecule has 56 valence electrons. The Labute approximate surface area is 79.6 Å². The molecule has 0 saturated carbocycles. The number of benzene rings is 1. The van der Waals surface area contributed by atoms with E-state index in [-0.39, 0.29) is 0 Å². The van der Waals surface area contributed by atoms with Crippen LogP contribution in [0.25, 0.3) is 0 Å². The zero-order valence-corrected chi connectivity index (χ0v) is 8.41. The van der Waals surface area contributed by atoms with E-state index in [4.69, 9.17) is 5.26 Å². The van der Waals surface area contributed by atoms with E-state index in [0.717, 1.165) is 14.9 Å². The number of nitriles is 1. The van der Waals surface area contributed by atoms with E-state index in [2.05, 4.69) is 34.6 Å². The quantitative estimate of drug-likeness (QED) is 0.678. The Kier molecular flexibility index (Phi) is 2.58. The molecule has 3 heteroatoms. The predicted molar refractivity (Wildman–Crippen MR) is 50.8 cm³/mol. The summed E-state index contributed by atoms with van der Waals surface area (Å²) in [6, 6.07) is 5.74. The van der Waals surface area contributed by atoms with Crippen molar-refractivity contribution in [3.63, 3.8) is 0 Å². The topological polar surface area (TPSA) is 23.8 Å². The van der Waals surface area contributed by atoms with Crippen molar-refractivity contribution >= 4 is 28.6 Å². The summed E-state index contributed by atoms with van der Waals surface area (Å²) >= 11 is 7.49. The van der Waals surface area contributed by atoms with Crippen LogP contribution in [0.5, 0.6) is 0 Å². The first-order valence-corrected chi connectivity index (χ1v) is 4.28. The lowest BCUT2D eigenvalue weighted by Crippen LogP contribution is -1.82. The Hall–Kier alpha value is -0.460. The highest BCUT2D eigenvalue weighted by atomic mass is 79.9. The minimum absolute atomic E-state index is 0.679. The molecule has 0 aromatic heterocycles. The number of hydrogen-bond donors (Lipinski definition) is 1. The molecule has 11 heavy (non-hydrogen) atoms. The SMILES string of the molecule is Cc1cc(Br)c(S)cc1C#N. The summed E-state index contributed by atoms with van der Waals surface area (Å²) in [6.45, 7) is 1.90. The molecule has 0 atom stereocenters. The van der Waals surface area contributed by atoms with Crippen molar-refractivity contribution in [1.82, 2.24) is 0 Å². The summed E-state index contributed by atoms with van der Waals surface area (Å²) in [5, 5.41) is 8.63. The minimum atomic E-state index is 0.679. The molecule has 0 aliphatic heterocycles. The molecule has 0 heterocycles. The van der Waals surface area contributed by atoms with Crippen molar-refractivity contribution < 1.29 is 0 Å². The van der Waals surface area contributed by atoms with Gasteiger partial charge in [0.05, 0.1) is 11.6 Å². The van der Waals surface area contributed by atoms with Crippen LogP contribution >= 0.6 is 28.6 Å². The van der Waals surface area contributed by atoms with Gasteiger partial charge in [0.15, 0.2) is 0 Å². The normalized spacial score (nSPS) is 9.27. The number of thiol groups is 1. The Morgan fingerprint density at radius 3 is 2.73 bits per heavy atom. The second-order valence-corrected chi connectivity index (χ2v) is 3.57. The van der Waals surface area contributed by atoms with Crippen LogP contribution in [0.15, 0.2) is 21.5 Å². The van der Waals surface area contributed by atoms with Crippen molar-refractivity contribution in [3.05, 3.63) is 27.7 Å². The third-order valence-corrected chi connectivity index (χ3v) is 2.75. The van der Waals surface area contributed by atoms with E-state index in [9.17, 15) is 0 Å². The number of aryl methyl sites for hydroxylation is 1. The molecular formula is C8H6BrNS. The molecule has 1 aromatic carbocycles. The maximum atomic E-state index is 8.63. The van der Waals surface area contributed by atoms with E-state index in [0.29, 0.717) is 5.56 Å². The first-order chi connectivity index (χ1) is 5.15. The number of rotatable bonds is 0. The molecule has 1 rings (SSSR count). The van der Waals surface area contributed by atoms with Gasteiger partial charge in [-0.2, -0.15) is 5.26 Å².